The first-order chi connectivity index (χ1) is 10.5. The molecule has 0 bridgehead atoms. The Hall–Kier alpha value is -0.0800. The number of hydrogen-bond acceptors (Lipinski definition) is 2. The highest BCUT2D eigenvalue weighted by Gasteiger charge is 2.50. The van der Waals surface area contributed by atoms with Gasteiger partial charge in [-0.3, -0.25) is 4.90 Å². The average molecular weight is 340 g/mol. The van der Waals surface area contributed by atoms with Crippen LogP contribution in [0.1, 0.15) is 89.5 Å². The third-order valence-corrected chi connectivity index (χ3v) is 5.62. The van der Waals surface area contributed by atoms with Crippen LogP contribution in [-0.4, -0.2) is 35.7 Å². The molecule has 24 heavy (non-hydrogen) atoms. The van der Waals surface area contributed by atoms with Gasteiger partial charge in [0.05, 0.1) is 6.61 Å². The van der Waals surface area contributed by atoms with E-state index >= 15 is 0 Å². The monoisotopic (exact) mass is 339 g/mol. The minimum atomic E-state index is 0.136. The van der Waals surface area contributed by atoms with Crippen molar-refractivity contribution in [1.29, 1.82) is 0 Å². The van der Waals surface area contributed by atoms with Crippen LogP contribution < -0.4 is 0 Å². The first-order valence-corrected chi connectivity index (χ1v) is 9.83. The molecule has 1 aliphatic heterocycles. The number of nitrogens with zero attached hydrogens (tertiary/aromatic N) is 1. The van der Waals surface area contributed by atoms with Crippen molar-refractivity contribution in [2.45, 2.75) is 107 Å². The lowest BCUT2D eigenvalue weighted by atomic mass is 9.65. The van der Waals surface area contributed by atoms with E-state index in [1.54, 1.807) is 0 Å². The lowest BCUT2D eigenvalue weighted by Crippen LogP contribution is -2.66. The summed E-state index contributed by atoms with van der Waals surface area (Å²) in [5, 5.41) is 0. The van der Waals surface area contributed by atoms with Crippen molar-refractivity contribution in [2.75, 3.05) is 13.2 Å². The molecule has 1 heterocycles. The first kappa shape index (κ1) is 22.0. The first-order valence-electron chi connectivity index (χ1n) is 9.83. The zero-order valence-electron chi connectivity index (χ0n) is 18.7. The molecule has 0 aromatic carbocycles. The highest BCUT2D eigenvalue weighted by Crippen LogP contribution is 2.46. The molecule has 3 unspecified atom stereocenters. The van der Waals surface area contributed by atoms with Crippen LogP contribution in [0.25, 0.3) is 0 Å². The fourth-order valence-electron chi connectivity index (χ4n) is 4.50. The van der Waals surface area contributed by atoms with E-state index in [0.717, 1.165) is 19.6 Å². The van der Waals surface area contributed by atoms with E-state index in [4.69, 9.17) is 4.74 Å². The van der Waals surface area contributed by atoms with Gasteiger partial charge in [-0.25, -0.2) is 0 Å². The molecule has 2 nitrogen and oxygen atoms in total. The third-order valence-electron chi connectivity index (χ3n) is 5.62. The van der Waals surface area contributed by atoms with E-state index < -0.39 is 0 Å². The molecule has 0 aromatic heterocycles. The van der Waals surface area contributed by atoms with E-state index in [2.05, 4.69) is 88.0 Å². The van der Waals surface area contributed by atoms with Crippen LogP contribution in [0.2, 0.25) is 0 Å². The van der Waals surface area contributed by atoms with E-state index in [1.807, 2.05) is 0 Å². The summed E-state index contributed by atoms with van der Waals surface area (Å²) in [6.45, 7) is 30.5. The second-order valence-corrected chi connectivity index (χ2v) is 12.1. The highest BCUT2D eigenvalue weighted by atomic mass is 16.5. The summed E-state index contributed by atoms with van der Waals surface area (Å²) in [4.78, 5) is 2.87. The molecule has 0 saturated carbocycles. The predicted octanol–water partition coefficient (Wildman–Crippen LogP) is 6.00. The molecular formula is C22H45NO. The second kappa shape index (κ2) is 6.91. The zero-order valence-corrected chi connectivity index (χ0v) is 18.7. The van der Waals surface area contributed by atoms with Crippen LogP contribution in [0.4, 0.5) is 0 Å². The largest absolute Gasteiger partial charge is 0.381 e. The molecule has 0 radical (unpaired) electrons. The maximum Gasteiger partial charge on any atom is 0.0514 e. The lowest BCUT2D eigenvalue weighted by Gasteiger charge is -2.59. The maximum absolute atomic E-state index is 6.20. The summed E-state index contributed by atoms with van der Waals surface area (Å²) in [5.41, 5.74) is 0.799. The van der Waals surface area contributed by atoms with Crippen molar-refractivity contribution in [3.05, 3.63) is 0 Å². The molecular weight excluding hydrogens is 294 g/mol. The standard InChI is InChI=1S/C22H45NO/c1-19(2,3)16-15-24-14-13-17(20(4,5)6)23(22(10,11)12)18(16)21(7,8)9/h16-18H,13-15H2,1-12H3. The topological polar surface area (TPSA) is 12.5 Å². The fourth-order valence-corrected chi connectivity index (χ4v) is 4.50. The van der Waals surface area contributed by atoms with Gasteiger partial charge in [0.25, 0.3) is 0 Å². The summed E-state index contributed by atoms with van der Waals surface area (Å²) in [6.07, 6.45) is 1.12. The van der Waals surface area contributed by atoms with Gasteiger partial charge >= 0.3 is 0 Å². The van der Waals surface area contributed by atoms with Gasteiger partial charge in [0.2, 0.25) is 0 Å². The molecule has 1 fully saturated rings. The zero-order chi connectivity index (χ0) is 19.1. The lowest BCUT2D eigenvalue weighted by molar-refractivity contribution is -0.135. The van der Waals surface area contributed by atoms with Gasteiger partial charge in [0.1, 0.15) is 0 Å². The Balaban J connectivity index is 3.57. The number of ether oxygens (including phenoxy) is 1. The Morgan fingerprint density at radius 1 is 0.708 bits per heavy atom. The molecule has 0 spiro atoms. The molecule has 3 atom stereocenters. The van der Waals surface area contributed by atoms with Crippen molar-refractivity contribution in [1.82, 2.24) is 4.90 Å². The average Bonchev–Trinajstić information content (AvgIpc) is 2.20. The summed E-state index contributed by atoms with van der Waals surface area (Å²) in [6, 6.07) is 1.01. The Kier molecular flexibility index (Phi) is 6.32. The molecule has 1 aliphatic rings. The van der Waals surface area contributed by atoms with Crippen molar-refractivity contribution in [3.8, 4) is 0 Å². The highest BCUT2D eigenvalue weighted by molar-refractivity contribution is 5.02. The van der Waals surface area contributed by atoms with Crippen molar-refractivity contribution in [2.24, 2.45) is 22.2 Å². The van der Waals surface area contributed by atoms with E-state index in [-0.39, 0.29) is 21.8 Å². The van der Waals surface area contributed by atoms with Crippen LogP contribution >= 0.6 is 0 Å². The minimum absolute atomic E-state index is 0.136. The molecule has 2 heteroatoms. The van der Waals surface area contributed by atoms with Crippen molar-refractivity contribution < 1.29 is 4.74 Å². The van der Waals surface area contributed by atoms with E-state index in [1.165, 1.54) is 0 Å². The Labute approximate surface area is 152 Å². The summed E-state index contributed by atoms with van der Waals surface area (Å²) >= 11 is 0. The van der Waals surface area contributed by atoms with Crippen molar-refractivity contribution >= 4 is 0 Å². The van der Waals surface area contributed by atoms with Gasteiger partial charge in [-0.15, -0.1) is 0 Å². The minimum Gasteiger partial charge on any atom is -0.381 e. The SMILES string of the molecule is CC(C)(C)C1COCCC(C(C)(C)C)N(C(C)(C)C)C1C(C)(C)C. The maximum atomic E-state index is 6.20. The quantitative estimate of drug-likeness (QED) is 0.537. The molecule has 1 saturated heterocycles. The predicted molar refractivity (Wildman–Crippen MR) is 106 cm³/mol. The van der Waals surface area contributed by atoms with Crippen LogP contribution in [0.15, 0.2) is 0 Å². The fraction of sp³-hybridized carbons (Fsp3) is 1.00. The van der Waals surface area contributed by atoms with Crippen LogP contribution in [0.3, 0.4) is 0 Å². The molecule has 0 N–H and O–H groups in total. The molecule has 0 amide bonds. The summed E-state index contributed by atoms with van der Waals surface area (Å²) in [7, 11) is 0. The van der Waals surface area contributed by atoms with E-state index in [0.29, 0.717) is 18.0 Å². The molecule has 0 aromatic rings. The van der Waals surface area contributed by atoms with Gasteiger partial charge in [-0.05, 0) is 43.4 Å². The third kappa shape index (κ3) is 5.21. The molecule has 0 aliphatic carbocycles. The summed E-state index contributed by atoms with van der Waals surface area (Å²) < 4.78 is 6.20. The van der Waals surface area contributed by atoms with Gasteiger partial charge < -0.3 is 4.74 Å². The van der Waals surface area contributed by atoms with Crippen LogP contribution in [0, 0.1) is 22.2 Å². The van der Waals surface area contributed by atoms with Crippen molar-refractivity contribution in [3.63, 3.8) is 0 Å². The van der Waals surface area contributed by atoms with Gasteiger partial charge in [0.15, 0.2) is 0 Å². The smallest absolute Gasteiger partial charge is 0.0514 e. The van der Waals surface area contributed by atoms with Gasteiger partial charge in [0, 0.05) is 30.1 Å². The second-order valence-electron chi connectivity index (χ2n) is 12.1. The van der Waals surface area contributed by atoms with Gasteiger partial charge in [-0.1, -0.05) is 62.3 Å². The number of hydrogen-bond donors (Lipinski definition) is 0. The molecule has 144 valence electrons. The summed E-state index contributed by atoms with van der Waals surface area (Å²) in [5.74, 6) is 0.516. The number of rotatable bonds is 0. The van der Waals surface area contributed by atoms with Crippen LogP contribution in [0.5, 0.6) is 0 Å². The molecule has 1 rings (SSSR count). The normalized spacial score (nSPS) is 29.2. The van der Waals surface area contributed by atoms with E-state index in [9.17, 15) is 0 Å². The Morgan fingerprint density at radius 2 is 1.21 bits per heavy atom. The van der Waals surface area contributed by atoms with Gasteiger partial charge in [-0.2, -0.15) is 0 Å². The Morgan fingerprint density at radius 3 is 1.54 bits per heavy atom. The Bertz CT molecular complexity index is 360. The van der Waals surface area contributed by atoms with Crippen LogP contribution in [-0.2, 0) is 4.74 Å².